The lowest BCUT2D eigenvalue weighted by atomic mass is 10.0. The molecule has 0 bridgehead atoms. The number of hydrogen-bond donors (Lipinski definition) is 0. The molecule has 10 heteroatoms. The Morgan fingerprint density at radius 2 is 1.68 bits per heavy atom. The van der Waals surface area contributed by atoms with Gasteiger partial charge >= 0.3 is 15.6 Å². The highest BCUT2D eigenvalue weighted by molar-refractivity contribution is 7.87. The van der Waals surface area contributed by atoms with Crippen molar-refractivity contribution in [3.63, 3.8) is 0 Å². The van der Waals surface area contributed by atoms with Crippen LogP contribution in [0.25, 0.3) is 5.76 Å². The number of rotatable bonds is 5. The normalized spacial score (nSPS) is 14.9. The third-order valence-corrected chi connectivity index (χ3v) is 4.61. The van der Waals surface area contributed by atoms with E-state index in [9.17, 15) is 21.6 Å². The fourth-order valence-corrected chi connectivity index (χ4v) is 3.04. The molecular weight excluding hydrogens is 365 g/mol. The molecule has 0 N–H and O–H groups in total. The molecule has 2 rings (SSSR count). The second kappa shape index (κ2) is 7.03. The molecule has 140 valence electrons. The fourth-order valence-electron chi connectivity index (χ4n) is 2.55. The molecule has 0 spiro atoms. The minimum atomic E-state index is -5.79. The number of alkyl halides is 3. The molecule has 1 aliphatic carbocycles. The van der Waals surface area contributed by atoms with Gasteiger partial charge in [-0.2, -0.15) is 21.6 Å². The van der Waals surface area contributed by atoms with Crippen molar-refractivity contribution in [2.75, 3.05) is 21.3 Å². The molecule has 1 aliphatic rings. The van der Waals surface area contributed by atoms with E-state index in [1.807, 2.05) is 0 Å². The summed E-state index contributed by atoms with van der Waals surface area (Å²) in [5, 5.41) is 0. The van der Waals surface area contributed by atoms with Gasteiger partial charge < -0.3 is 18.4 Å². The Labute approximate surface area is 143 Å². The monoisotopic (exact) mass is 382 g/mol. The van der Waals surface area contributed by atoms with E-state index in [0.29, 0.717) is 24.8 Å². The predicted octanol–water partition coefficient (Wildman–Crippen LogP) is 3.26. The van der Waals surface area contributed by atoms with Crippen LogP contribution in [0.3, 0.4) is 0 Å². The second-order valence-electron chi connectivity index (χ2n) is 5.12. The van der Waals surface area contributed by atoms with Crippen LogP contribution in [0.15, 0.2) is 12.1 Å². The van der Waals surface area contributed by atoms with Gasteiger partial charge in [-0.25, -0.2) is 0 Å². The topological polar surface area (TPSA) is 71.1 Å². The molecule has 6 nitrogen and oxygen atoms in total. The maximum absolute atomic E-state index is 12.7. The lowest BCUT2D eigenvalue weighted by molar-refractivity contribution is -0.0509. The maximum Gasteiger partial charge on any atom is 0.534 e. The van der Waals surface area contributed by atoms with Gasteiger partial charge in [-0.15, -0.1) is 0 Å². The SMILES string of the molecule is COc1cc2c(c(OC)c1OC)CCCC=C2OS(=O)(=O)C(F)(F)F. The zero-order valence-corrected chi connectivity index (χ0v) is 14.6. The number of methoxy groups -OCH3 is 3. The largest absolute Gasteiger partial charge is 0.534 e. The number of allylic oxidation sites excluding steroid dienone is 1. The van der Waals surface area contributed by atoms with Crippen LogP contribution < -0.4 is 14.2 Å². The lowest BCUT2D eigenvalue weighted by Crippen LogP contribution is -2.25. The minimum absolute atomic E-state index is 0.153. The van der Waals surface area contributed by atoms with Crippen molar-refractivity contribution in [3.8, 4) is 17.2 Å². The summed E-state index contributed by atoms with van der Waals surface area (Å²) < 4.78 is 80.9. The number of ether oxygens (including phenoxy) is 3. The van der Waals surface area contributed by atoms with Gasteiger partial charge in [0.1, 0.15) is 5.76 Å². The van der Waals surface area contributed by atoms with Crippen LogP contribution in [0.5, 0.6) is 17.2 Å². The van der Waals surface area contributed by atoms with Gasteiger partial charge in [-0.05, 0) is 31.4 Å². The maximum atomic E-state index is 12.7. The Kier molecular flexibility index (Phi) is 5.40. The smallest absolute Gasteiger partial charge is 0.493 e. The van der Waals surface area contributed by atoms with Gasteiger partial charge in [-0.1, -0.05) is 0 Å². The van der Waals surface area contributed by atoms with Crippen molar-refractivity contribution in [1.82, 2.24) is 0 Å². The van der Waals surface area contributed by atoms with Crippen molar-refractivity contribution in [3.05, 3.63) is 23.3 Å². The Morgan fingerprint density at radius 1 is 1.04 bits per heavy atom. The molecule has 0 unspecified atom stereocenters. The molecule has 0 heterocycles. The fraction of sp³-hybridized carbons (Fsp3) is 0.467. The van der Waals surface area contributed by atoms with E-state index in [1.54, 1.807) is 0 Å². The van der Waals surface area contributed by atoms with Gasteiger partial charge in [0.2, 0.25) is 5.75 Å². The molecular formula is C15H17F3O6S. The van der Waals surface area contributed by atoms with Gasteiger partial charge in [0.25, 0.3) is 0 Å². The lowest BCUT2D eigenvalue weighted by Gasteiger charge is -2.20. The van der Waals surface area contributed by atoms with Crippen molar-refractivity contribution in [1.29, 1.82) is 0 Å². The van der Waals surface area contributed by atoms with E-state index in [4.69, 9.17) is 14.2 Å². The molecule has 0 aromatic heterocycles. The molecule has 0 saturated carbocycles. The second-order valence-corrected chi connectivity index (χ2v) is 6.65. The first-order valence-electron chi connectivity index (χ1n) is 7.19. The molecule has 0 saturated heterocycles. The summed E-state index contributed by atoms with van der Waals surface area (Å²) >= 11 is 0. The van der Waals surface area contributed by atoms with Crippen molar-refractivity contribution >= 4 is 15.9 Å². The quantitative estimate of drug-likeness (QED) is 0.575. The molecule has 0 atom stereocenters. The zero-order chi connectivity index (χ0) is 18.8. The van der Waals surface area contributed by atoms with Crippen LogP contribution in [0.4, 0.5) is 13.2 Å². The number of hydrogen-bond acceptors (Lipinski definition) is 6. The summed E-state index contributed by atoms with van der Waals surface area (Å²) in [6, 6.07) is 1.37. The third-order valence-electron chi connectivity index (χ3n) is 3.64. The Balaban J connectivity index is 2.64. The van der Waals surface area contributed by atoms with E-state index in [-0.39, 0.29) is 22.8 Å². The summed E-state index contributed by atoms with van der Waals surface area (Å²) in [6.07, 6.45) is 2.65. The molecule has 0 amide bonds. The van der Waals surface area contributed by atoms with Crippen LogP contribution in [-0.2, 0) is 20.7 Å². The molecule has 0 aliphatic heterocycles. The summed E-state index contributed by atoms with van der Waals surface area (Å²) in [6.45, 7) is 0. The number of fused-ring (bicyclic) bond motifs is 1. The first-order valence-corrected chi connectivity index (χ1v) is 8.60. The molecule has 1 aromatic rings. The van der Waals surface area contributed by atoms with Crippen LogP contribution >= 0.6 is 0 Å². The first-order chi connectivity index (χ1) is 11.7. The minimum Gasteiger partial charge on any atom is -0.493 e. The molecule has 1 aromatic carbocycles. The molecule has 0 radical (unpaired) electrons. The van der Waals surface area contributed by atoms with Gasteiger partial charge in [0, 0.05) is 11.1 Å². The average Bonchev–Trinajstić information content (AvgIpc) is 2.73. The van der Waals surface area contributed by atoms with E-state index in [1.165, 1.54) is 33.5 Å². The average molecular weight is 382 g/mol. The van der Waals surface area contributed by atoms with Crippen LogP contribution in [0.1, 0.15) is 24.0 Å². The molecule has 0 fully saturated rings. The summed E-state index contributed by atoms with van der Waals surface area (Å²) in [7, 11) is -1.68. The highest BCUT2D eigenvalue weighted by atomic mass is 32.2. The van der Waals surface area contributed by atoms with Crippen molar-refractivity contribution in [2.45, 2.75) is 24.8 Å². The number of benzene rings is 1. The zero-order valence-electron chi connectivity index (χ0n) is 13.8. The van der Waals surface area contributed by atoms with E-state index >= 15 is 0 Å². The van der Waals surface area contributed by atoms with Gasteiger partial charge in [0.05, 0.1) is 21.3 Å². The summed E-state index contributed by atoms with van der Waals surface area (Å²) in [4.78, 5) is 0. The van der Waals surface area contributed by atoms with Gasteiger partial charge in [-0.3, -0.25) is 0 Å². The first kappa shape index (κ1) is 19.2. The summed E-state index contributed by atoms with van der Waals surface area (Å²) in [5.41, 5.74) is -4.89. The Bertz CT molecular complexity index is 783. The predicted molar refractivity (Wildman–Crippen MR) is 83.1 cm³/mol. The van der Waals surface area contributed by atoms with Crippen LogP contribution in [-0.4, -0.2) is 35.3 Å². The Morgan fingerprint density at radius 3 is 2.20 bits per heavy atom. The molecule has 25 heavy (non-hydrogen) atoms. The summed E-state index contributed by atoms with van der Waals surface area (Å²) in [5.74, 6) is 0.296. The third kappa shape index (κ3) is 3.63. The highest BCUT2D eigenvalue weighted by Crippen LogP contribution is 2.46. The standard InChI is InChI=1S/C15H17F3O6S/c1-21-12-8-10-9(13(22-2)14(12)23-3)6-4-5-7-11(10)24-25(19,20)15(16,17)18/h7-8H,4-6H2,1-3H3. The Hall–Kier alpha value is -2.10. The van der Waals surface area contributed by atoms with Crippen molar-refractivity contribution in [2.24, 2.45) is 0 Å². The van der Waals surface area contributed by atoms with Crippen molar-refractivity contribution < 1.29 is 40.0 Å². The van der Waals surface area contributed by atoms with E-state index < -0.39 is 21.4 Å². The van der Waals surface area contributed by atoms with Crippen LogP contribution in [0.2, 0.25) is 0 Å². The van der Waals surface area contributed by atoms with Gasteiger partial charge in [0.15, 0.2) is 11.5 Å². The van der Waals surface area contributed by atoms with Crippen LogP contribution in [0, 0.1) is 0 Å². The number of halogens is 3. The van der Waals surface area contributed by atoms with E-state index in [0.717, 1.165) is 0 Å². The highest BCUT2D eigenvalue weighted by Gasteiger charge is 2.49. The van der Waals surface area contributed by atoms with E-state index in [2.05, 4.69) is 4.18 Å².